The van der Waals surface area contributed by atoms with Crippen LogP contribution < -0.4 is 5.32 Å². The van der Waals surface area contributed by atoms with Gasteiger partial charge in [0.1, 0.15) is 17.5 Å². The molecule has 1 atom stereocenters. The van der Waals surface area contributed by atoms with Crippen molar-refractivity contribution in [2.75, 3.05) is 0 Å². The molecule has 0 saturated carbocycles. The fourth-order valence-corrected chi connectivity index (χ4v) is 3.80. The number of rotatable bonds is 6. The number of nitrogens with zero attached hydrogens (tertiary/aromatic N) is 3. The number of aromatic nitrogens is 2. The highest BCUT2D eigenvalue weighted by atomic mass is 32.2. The molecular formula is C23H17FN4OS. The number of nitriles is 1. The molecule has 7 heteroatoms. The van der Waals surface area contributed by atoms with Gasteiger partial charge < -0.3 is 9.72 Å². The minimum Gasteiger partial charge on any atom is -0.332 e. The first kappa shape index (κ1) is 19.7. The fraction of sp³-hybridized carbons (Fsp3) is 0.0870. The van der Waals surface area contributed by atoms with E-state index in [1.54, 1.807) is 30.0 Å². The van der Waals surface area contributed by atoms with E-state index in [1.807, 2.05) is 53.2 Å². The highest BCUT2D eigenvalue weighted by molar-refractivity contribution is 7.98. The SMILES string of the molecule is N#CC(NC(=O)c1ccc(SCc2cn3ccccc3n2)cc1)c1ccccc1F. The van der Waals surface area contributed by atoms with E-state index in [4.69, 9.17) is 0 Å². The van der Waals surface area contributed by atoms with Crippen molar-refractivity contribution in [3.05, 3.63) is 102 Å². The molecule has 0 spiro atoms. The second kappa shape index (κ2) is 8.80. The molecule has 0 saturated heterocycles. The third-order valence-corrected chi connectivity index (χ3v) is 5.58. The van der Waals surface area contributed by atoms with E-state index in [0.717, 1.165) is 16.2 Å². The van der Waals surface area contributed by atoms with Gasteiger partial charge in [0.2, 0.25) is 0 Å². The summed E-state index contributed by atoms with van der Waals surface area (Å²) in [6.45, 7) is 0. The van der Waals surface area contributed by atoms with Crippen LogP contribution in [0.2, 0.25) is 0 Å². The third-order valence-electron chi connectivity index (χ3n) is 4.54. The Morgan fingerprint density at radius 1 is 1.13 bits per heavy atom. The van der Waals surface area contributed by atoms with Crippen LogP contribution in [0.25, 0.3) is 5.65 Å². The summed E-state index contributed by atoms with van der Waals surface area (Å²) in [6, 6.07) is 19.7. The minimum atomic E-state index is -1.05. The molecule has 0 bridgehead atoms. The lowest BCUT2D eigenvalue weighted by Gasteiger charge is -2.13. The van der Waals surface area contributed by atoms with Crippen molar-refractivity contribution >= 4 is 23.3 Å². The lowest BCUT2D eigenvalue weighted by Crippen LogP contribution is -2.28. The normalized spacial score (nSPS) is 11.7. The fourth-order valence-electron chi connectivity index (χ4n) is 3.02. The standard InChI is InChI=1S/C23H17FN4OS/c24-20-6-2-1-5-19(20)21(13-25)27-23(29)16-8-10-18(11-9-16)30-15-17-14-28-12-4-3-7-22(28)26-17/h1-12,14,21H,15H2,(H,27,29). The van der Waals surface area contributed by atoms with Gasteiger partial charge >= 0.3 is 0 Å². The first-order chi connectivity index (χ1) is 14.6. The van der Waals surface area contributed by atoms with E-state index in [0.29, 0.717) is 11.3 Å². The molecule has 1 unspecified atom stereocenters. The molecule has 4 aromatic rings. The van der Waals surface area contributed by atoms with Crippen LogP contribution in [0.5, 0.6) is 0 Å². The number of imidazole rings is 1. The Labute approximate surface area is 177 Å². The summed E-state index contributed by atoms with van der Waals surface area (Å²) < 4.78 is 15.9. The summed E-state index contributed by atoms with van der Waals surface area (Å²) in [5.74, 6) is -0.249. The van der Waals surface area contributed by atoms with Crippen molar-refractivity contribution in [3.8, 4) is 6.07 Å². The van der Waals surface area contributed by atoms with Crippen LogP contribution in [-0.4, -0.2) is 15.3 Å². The van der Waals surface area contributed by atoms with Crippen LogP contribution in [-0.2, 0) is 5.75 Å². The Morgan fingerprint density at radius 3 is 2.63 bits per heavy atom. The molecule has 0 aliphatic heterocycles. The van der Waals surface area contributed by atoms with Crippen molar-refractivity contribution in [1.29, 1.82) is 5.26 Å². The van der Waals surface area contributed by atoms with E-state index < -0.39 is 17.8 Å². The number of halogens is 1. The van der Waals surface area contributed by atoms with Gasteiger partial charge in [-0.25, -0.2) is 9.37 Å². The van der Waals surface area contributed by atoms with Crippen LogP contribution in [0.4, 0.5) is 4.39 Å². The van der Waals surface area contributed by atoms with Gasteiger partial charge in [-0.05, 0) is 42.5 Å². The largest absolute Gasteiger partial charge is 0.332 e. The Morgan fingerprint density at radius 2 is 1.90 bits per heavy atom. The van der Waals surface area contributed by atoms with Gasteiger partial charge in [0.15, 0.2) is 0 Å². The summed E-state index contributed by atoms with van der Waals surface area (Å²) in [4.78, 5) is 18.0. The van der Waals surface area contributed by atoms with E-state index in [2.05, 4.69) is 10.3 Å². The first-order valence-corrected chi connectivity index (χ1v) is 10.2. The summed E-state index contributed by atoms with van der Waals surface area (Å²) >= 11 is 1.62. The molecule has 2 heterocycles. The smallest absolute Gasteiger partial charge is 0.252 e. The predicted molar refractivity (Wildman–Crippen MR) is 113 cm³/mol. The molecule has 0 radical (unpaired) electrons. The minimum absolute atomic E-state index is 0.146. The zero-order chi connectivity index (χ0) is 20.9. The van der Waals surface area contributed by atoms with E-state index in [1.165, 1.54) is 18.2 Å². The summed E-state index contributed by atoms with van der Waals surface area (Å²) in [5.41, 5.74) is 2.42. The number of benzene rings is 2. The zero-order valence-corrected chi connectivity index (χ0v) is 16.6. The summed E-state index contributed by atoms with van der Waals surface area (Å²) in [5, 5.41) is 11.9. The van der Waals surface area contributed by atoms with Crippen LogP contribution in [0.15, 0.2) is 84.0 Å². The van der Waals surface area contributed by atoms with Gasteiger partial charge in [0.25, 0.3) is 5.91 Å². The lowest BCUT2D eigenvalue weighted by atomic mass is 10.1. The molecule has 1 N–H and O–H groups in total. The van der Waals surface area contributed by atoms with Crippen LogP contribution in [0.1, 0.15) is 27.7 Å². The molecule has 4 rings (SSSR count). The highest BCUT2D eigenvalue weighted by Gasteiger charge is 2.18. The maximum absolute atomic E-state index is 13.9. The van der Waals surface area contributed by atoms with Gasteiger partial charge in [-0.3, -0.25) is 4.79 Å². The molecule has 2 aromatic heterocycles. The summed E-state index contributed by atoms with van der Waals surface area (Å²) in [6.07, 6.45) is 3.95. The maximum Gasteiger partial charge on any atom is 0.252 e. The number of carbonyl (C=O) groups is 1. The van der Waals surface area contributed by atoms with Crippen molar-refractivity contribution in [2.45, 2.75) is 16.7 Å². The zero-order valence-electron chi connectivity index (χ0n) is 15.8. The third kappa shape index (κ3) is 4.34. The van der Waals surface area contributed by atoms with Crippen molar-refractivity contribution in [2.24, 2.45) is 0 Å². The summed E-state index contributed by atoms with van der Waals surface area (Å²) in [7, 11) is 0. The van der Waals surface area contributed by atoms with Crippen LogP contribution in [0.3, 0.4) is 0 Å². The number of fused-ring (bicyclic) bond motifs is 1. The molecule has 30 heavy (non-hydrogen) atoms. The maximum atomic E-state index is 13.9. The van der Waals surface area contributed by atoms with Crippen LogP contribution in [0, 0.1) is 17.1 Å². The number of hydrogen-bond donors (Lipinski definition) is 1. The Bertz CT molecular complexity index is 1200. The monoisotopic (exact) mass is 416 g/mol. The molecule has 0 aliphatic carbocycles. The average Bonchev–Trinajstić information content (AvgIpc) is 3.20. The van der Waals surface area contributed by atoms with Gasteiger partial charge in [0, 0.05) is 34.2 Å². The van der Waals surface area contributed by atoms with Gasteiger partial charge in [0.05, 0.1) is 11.8 Å². The van der Waals surface area contributed by atoms with Gasteiger partial charge in [-0.2, -0.15) is 5.26 Å². The average molecular weight is 416 g/mol. The number of thioether (sulfide) groups is 1. The molecule has 1 amide bonds. The molecule has 2 aromatic carbocycles. The molecule has 0 fully saturated rings. The molecule has 148 valence electrons. The quantitative estimate of drug-likeness (QED) is 0.460. The van der Waals surface area contributed by atoms with Crippen LogP contribution >= 0.6 is 11.8 Å². The topological polar surface area (TPSA) is 70.2 Å². The molecular weight excluding hydrogens is 399 g/mol. The number of carbonyl (C=O) groups excluding carboxylic acids is 1. The number of nitrogens with one attached hydrogen (secondary N) is 1. The van der Waals surface area contributed by atoms with E-state index >= 15 is 0 Å². The number of hydrogen-bond acceptors (Lipinski definition) is 4. The van der Waals surface area contributed by atoms with Crippen molar-refractivity contribution in [1.82, 2.24) is 14.7 Å². The van der Waals surface area contributed by atoms with E-state index in [-0.39, 0.29) is 5.56 Å². The number of amides is 1. The van der Waals surface area contributed by atoms with E-state index in [9.17, 15) is 14.4 Å². The predicted octanol–water partition coefficient (Wildman–Crippen LogP) is 4.76. The van der Waals surface area contributed by atoms with Crippen molar-refractivity contribution in [3.63, 3.8) is 0 Å². The number of pyridine rings is 1. The van der Waals surface area contributed by atoms with Gasteiger partial charge in [-0.15, -0.1) is 11.8 Å². The highest BCUT2D eigenvalue weighted by Crippen LogP contribution is 2.23. The molecule has 0 aliphatic rings. The molecule has 5 nitrogen and oxygen atoms in total. The second-order valence-electron chi connectivity index (χ2n) is 6.57. The Balaban J connectivity index is 1.39. The Hall–Kier alpha value is -3.63. The van der Waals surface area contributed by atoms with Crippen molar-refractivity contribution < 1.29 is 9.18 Å². The first-order valence-electron chi connectivity index (χ1n) is 9.24. The lowest BCUT2D eigenvalue weighted by molar-refractivity contribution is 0.0944. The second-order valence-corrected chi connectivity index (χ2v) is 7.62. The van der Waals surface area contributed by atoms with Gasteiger partial charge in [-0.1, -0.05) is 24.3 Å². The Kier molecular flexibility index (Phi) is 5.77.